The van der Waals surface area contributed by atoms with Gasteiger partial charge in [-0.15, -0.1) is 0 Å². The van der Waals surface area contributed by atoms with Gasteiger partial charge in [-0.05, 0) is 72.2 Å². The summed E-state index contributed by atoms with van der Waals surface area (Å²) < 4.78 is 10.7. The Kier molecular flexibility index (Phi) is 18.1. The van der Waals surface area contributed by atoms with Gasteiger partial charge in [-0.25, -0.2) is 0 Å². The first-order chi connectivity index (χ1) is 43.7. The lowest BCUT2D eigenvalue weighted by atomic mass is 9.90. The fourth-order valence-corrected chi connectivity index (χ4v) is 15.0. The first-order valence-corrected chi connectivity index (χ1v) is 33.8. The Morgan fingerprint density at radius 2 is 0.398 bits per heavy atom. The van der Waals surface area contributed by atoms with Crippen LogP contribution >= 0.6 is 0 Å². The Morgan fingerprint density at radius 3 is 0.602 bits per heavy atom. The third-order valence-corrected chi connectivity index (χ3v) is 19.0. The molecule has 0 aliphatic heterocycles. The van der Waals surface area contributed by atoms with E-state index in [1.807, 2.05) is 0 Å². The minimum atomic E-state index is 1.03. The number of hydrogen-bond donors (Lipinski definition) is 0. The van der Waals surface area contributed by atoms with E-state index < -0.39 is 0 Å². The zero-order valence-corrected chi connectivity index (χ0v) is 52.7. The summed E-state index contributed by atoms with van der Waals surface area (Å²) in [7, 11) is 0. The number of nitrogens with zero attached hydrogens (tertiary/aromatic N) is 4. The number of unbranched alkanes of at least 4 members (excludes halogenated alkanes) is 12. The number of fused-ring (bicyclic) bond motifs is 12. The van der Waals surface area contributed by atoms with Crippen LogP contribution in [0.4, 0.5) is 0 Å². The van der Waals surface area contributed by atoms with E-state index in [4.69, 9.17) is 0 Å². The van der Waals surface area contributed by atoms with E-state index in [2.05, 4.69) is 264 Å². The highest BCUT2D eigenvalue weighted by molar-refractivity contribution is 6.34. The zero-order chi connectivity index (χ0) is 59.8. The molecular weight excluding hydrogens is 1060 g/mol. The summed E-state index contributed by atoms with van der Waals surface area (Å²) in [6, 6.07) is 81.4. The maximum Gasteiger partial charge on any atom is 0.0585 e. The topological polar surface area (TPSA) is 19.7 Å². The zero-order valence-electron chi connectivity index (χ0n) is 52.7. The van der Waals surface area contributed by atoms with E-state index in [1.165, 1.54) is 234 Å². The third-order valence-electron chi connectivity index (χ3n) is 19.0. The highest BCUT2D eigenvalue weighted by Gasteiger charge is 2.30. The minimum Gasteiger partial charge on any atom is -0.340 e. The lowest BCUT2D eigenvalue weighted by molar-refractivity contribution is 0.602. The summed E-state index contributed by atoms with van der Waals surface area (Å²) in [6.45, 7) is 13.3. The summed E-state index contributed by atoms with van der Waals surface area (Å²) in [6.07, 6.45) is 19.9. The SMILES string of the molecule is CCCCCCn1c2ccccc2c2c(-c3ccccc3)c3c(c(-c4ccccc4)c21)c1ccccc1n3CCCCCC.CCCCCCn1c2ccccc2c2c(-c3ccccc3)c3c(c(-c4ccccc4)c21)c1ccccc1n3CCCCCC. The van der Waals surface area contributed by atoms with Crippen molar-refractivity contribution in [2.24, 2.45) is 0 Å². The molecule has 14 aromatic rings. The summed E-state index contributed by atoms with van der Waals surface area (Å²) in [5.41, 5.74) is 21.6. The molecule has 0 unspecified atom stereocenters. The second-order valence-electron chi connectivity index (χ2n) is 24.8. The average Bonchev–Trinajstić information content (AvgIpc) is 1.55. The predicted octanol–water partition coefficient (Wildman–Crippen LogP) is 24.8. The van der Waals surface area contributed by atoms with Crippen LogP contribution in [-0.2, 0) is 26.2 Å². The van der Waals surface area contributed by atoms with Crippen LogP contribution in [0.3, 0.4) is 0 Å². The van der Waals surface area contributed by atoms with E-state index in [0.717, 1.165) is 26.2 Å². The van der Waals surface area contributed by atoms with Gasteiger partial charge in [0.25, 0.3) is 0 Å². The Labute approximate surface area is 522 Å². The smallest absolute Gasteiger partial charge is 0.0585 e. The molecule has 10 aromatic carbocycles. The number of rotatable bonds is 24. The van der Waals surface area contributed by atoms with Crippen molar-refractivity contribution in [1.82, 2.24) is 18.3 Å². The molecule has 14 rings (SSSR count). The average molecular weight is 1150 g/mol. The third kappa shape index (κ3) is 10.9. The molecule has 0 radical (unpaired) electrons. The molecule has 4 heteroatoms. The fourth-order valence-electron chi connectivity index (χ4n) is 15.0. The van der Waals surface area contributed by atoms with Crippen LogP contribution in [0, 0.1) is 0 Å². The standard InChI is InChI=1S/2C42H44N2/c2*1-3-5-7-19-29-43-35-27-17-15-25-33(35)39-38(32-23-13-10-14-24-32)42-40(37(41(39)43)31-21-11-9-12-22-31)34-26-16-18-28-36(34)44(42)30-20-8-6-4-2/h2*9-18,21-28H,3-8,19-20,29-30H2,1-2H3. The van der Waals surface area contributed by atoms with E-state index in [0.29, 0.717) is 0 Å². The van der Waals surface area contributed by atoms with E-state index in [1.54, 1.807) is 0 Å². The number of benzene rings is 10. The molecule has 0 bridgehead atoms. The monoisotopic (exact) mass is 1150 g/mol. The molecule has 0 atom stereocenters. The summed E-state index contributed by atoms with van der Waals surface area (Å²) >= 11 is 0. The first kappa shape index (κ1) is 58.4. The van der Waals surface area contributed by atoms with E-state index in [-0.39, 0.29) is 0 Å². The molecule has 4 heterocycles. The van der Waals surface area contributed by atoms with Crippen LogP contribution in [0.1, 0.15) is 130 Å². The summed E-state index contributed by atoms with van der Waals surface area (Å²) in [5.74, 6) is 0. The Hall–Kier alpha value is -8.60. The molecule has 4 nitrogen and oxygen atoms in total. The van der Waals surface area contributed by atoms with Gasteiger partial charge < -0.3 is 18.3 Å². The van der Waals surface area contributed by atoms with Crippen molar-refractivity contribution in [2.45, 2.75) is 157 Å². The lowest BCUT2D eigenvalue weighted by Crippen LogP contribution is -2.02. The highest BCUT2D eigenvalue weighted by Crippen LogP contribution is 2.53. The maximum atomic E-state index is 2.67. The number of aryl methyl sites for hydroxylation is 4. The van der Waals surface area contributed by atoms with Crippen LogP contribution < -0.4 is 0 Å². The van der Waals surface area contributed by atoms with Crippen LogP contribution in [0.15, 0.2) is 218 Å². The van der Waals surface area contributed by atoms with Crippen LogP contribution in [0.25, 0.3) is 132 Å². The van der Waals surface area contributed by atoms with Crippen molar-refractivity contribution >= 4 is 87.2 Å². The molecule has 444 valence electrons. The van der Waals surface area contributed by atoms with Gasteiger partial charge in [-0.3, -0.25) is 0 Å². The van der Waals surface area contributed by atoms with Crippen molar-refractivity contribution in [3.05, 3.63) is 218 Å². The molecule has 0 amide bonds. The van der Waals surface area contributed by atoms with Crippen LogP contribution in [0.5, 0.6) is 0 Å². The molecule has 0 fully saturated rings. The fraction of sp³-hybridized carbons (Fsp3) is 0.286. The maximum absolute atomic E-state index is 2.67. The van der Waals surface area contributed by atoms with Crippen molar-refractivity contribution < 1.29 is 0 Å². The molecule has 88 heavy (non-hydrogen) atoms. The second kappa shape index (κ2) is 27.2. The van der Waals surface area contributed by atoms with Gasteiger partial charge in [-0.1, -0.05) is 299 Å². The van der Waals surface area contributed by atoms with Crippen LogP contribution in [0.2, 0.25) is 0 Å². The van der Waals surface area contributed by atoms with Crippen LogP contribution in [-0.4, -0.2) is 18.3 Å². The molecule has 0 saturated heterocycles. The first-order valence-electron chi connectivity index (χ1n) is 33.8. The van der Waals surface area contributed by atoms with Crippen molar-refractivity contribution in [3.63, 3.8) is 0 Å². The van der Waals surface area contributed by atoms with Gasteiger partial charge in [0.05, 0.1) is 22.1 Å². The quantitative estimate of drug-likeness (QED) is 0.0538. The van der Waals surface area contributed by atoms with Crippen molar-refractivity contribution in [1.29, 1.82) is 0 Å². The normalized spacial score (nSPS) is 11.9. The summed E-state index contributed by atoms with van der Waals surface area (Å²) in [5, 5.41) is 11.0. The Balaban J connectivity index is 0.000000162. The van der Waals surface area contributed by atoms with Gasteiger partial charge in [0, 0.05) is 114 Å². The molecule has 0 aliphatic carbocycles. The highest BCUT2D eigenvalue weighted by atomic mass is 15.0. The number of aromatic nitrogens is 4. The van der Waals surface area contributed by atoms with E-state index in [9.17, 15) is 0 Å². The molecular formula is C84H88N4. The van der Waals surface area contributed by atoms with E-state index >= 15 is 0 Å². The molecule has 0 saturated carbocycles. The van der Waals surface area contributed by atoms with Crippen molar-refractivity contribution in [2.75, 3.05) is 0 Å². The van der Waals surface area contributed by atoms with Crippen molar-refractivity contribution in [3.8, 4) is 44.5 Å². The van der Waals surface area contributed by atoms with Gasteiger partial charge in [0.2, 0.25) is 0 Å². The van der Waals surface area contributed by atoms with Gasteiger partial charge in [-0.2, -0.15) is 0 Å². The molecule has 0 spiro atoms. The van der Waals surface area contributed by atoms with Gasteiger partial charge >= 0.3 is 0 Å². The predicted molar refractivity (Wildman–Crippen MR) is 383 cm³/mol. The molecule has 0 N–H and O–H groups in total. The lowest BCUT2D eigenvalue weighted by Gasteiger charge is -2.18. The number of para-hydroxylation sites is 4. The Morgan fingerprint density at radius 1 is 0.205 bits per heavy atom. The number of hydrogen-bond acceptors (Lipinski definition) is 0. The van der Waals surface area contributed by atoms with Gasteiger partial charge in [0.1, 0.15) is 0 Å². The Bertz CT molecular complexity index is 4050. The minimum absolute atomic E-state index is 1.03. The van der Waals surface area contributed by atoms with Gasteiger partial charge in [0.15, 0.2) is 0 Å². The summed E-state index contributed by atoms with van der Waals surface area (Å²) in [4.78, 5) is 0. The largest absolute Gasteiger partial charge is 0.340 e. The molecule has 4 aromatic heterocycles. The molecule has 0 aliphatic rings. The second-order valence-corrected chi connectivity index (χ2v) is 24.8.